The molecular weight excluding hydrogens is 561 g/mol. The van der Waals surface area contributed by atoms with Crippen molar-refractivity contribution >= 4 is 28.4 Å². The second-order valence-electron chi connectivity index (χ2n) is 15.1. The highest BCUT2D eigenvalue weighted by Gasteiger charge is 2.58. The zero-order chi connectivity index (χ0) is 31.4. The number of ether oxygens (including phenoxy) is 2. The number of carbonyl (C=O) groups is 1. The minimum atomic E-state index is -2.31. The van der Waals surface area contributed by atoms with Crippen molar-refractivity contribution in [2.45, 2.75) is 135 Å². The van der Waals surface area contributed by atoms with E-state index < -0.39 is 29.0 Å². The van der Waals surface area contributed by atoms with Gasteiger partial charge in [-0.15, -0.1) is 0 Å². The lowest BCUT2D eigenvalue weighted by Gasteiger charge is -2.45. The molecule has 3 aliphatic rings. The van der Waals surface area contributed by atoms with Gasteiger partial charge >= 0.3 is 6.09 Å². The molecule has 0 aromatic heterocycles. The van der Waals surface area contributed by atoms with Crippen LogP contribution in [0, 0.1) is 5.92 Å². The van der Waals surface area contributed by atoms with Gasteiger partial charge in [-0.2, -0.15) is 0 Å². The number of nitrogens with zero attached hydrogens (tertiary/aromatic N) is 2. The molecule has 42 heavy (non-hydrogen) atoms. The van der Waals surface area contributed by atoms with Gasteiger partial charge in [0.2, 0.25) is 0 Å². The van der Waals surface area contributed by atoms with E-state index in [0.717, 1.165) is 30.0 Å². The third-order valence-corrected chi connectivity index (χ3v) is 21.0. The summed E-state index contributed by atoms with van der Waals surface area (Å²) in [5.41, 5.74) is 3.01. The Hall–Kier alpha value is -1.82. The number of rotatable bonds is 10. The quantitative estimate of drug-likeness (QED) is 0.194. The Balaban J connectivity index is 1.92. The van der Waals surface area contributed by atoms with Crippen LogP contribution in [-0.2, 0) is 15.7 Å². The Morgan fingerprint density at radius 3 is 2.14 bits per heavy atom. The van der Waals surface area contributed by atoms with Gasteiger partial charge in [0.1, 0.15) is 18.6 Å². The highest BCUT2D eigenvalue weighted by atomic mass is 28.4. The molecule has 1 unspecified atom stereocenters. The molecule has 1 amide bonds. The van der Waals surface area contributed by atoms with Crippen LogP contribution in [0.2, 0.25) is 34.8 Å². The van der Waals surface area contributed by atoms with Crippen LogP contribution in [0.3, 0.4) is 0 Å². The summed E-state index contributed by atoms with van der Waals surface area (Å²) in [6, 6.07) is 4.77. The molecule has 9 heteroatoms. The summed E-state index contributed by atoms with van der Waals surface area (Å²) >= 11 is 0. The third kappa shape index (κ3) is 5.83. The minimum absolute atomic E-state index is 0.0175. The second-order valence-corrected chi connectivity index (χ2v) is 25.2. The van der Waals surface area contributed by atoms with E-state index in [1.807, 2.05) is 11.0 Å². The molecule has 4 rings (SSSR count). The van der Waals surface area contributed by atoms with Crippen molar-refractivity contribution in [3.8, 4) is 11.5 Å². The van der Waals surface area contributed by atoms with Gasteiger partial charge in [-0.05, 0) is 65.1 Å². The maximum Gasteiger partial charge on any atom is 0.416 e. The molecule has 0 spiro atoms. The molecule has 0 N–H and O–H groups in total. The van der Waals surface area contributed by atoms with Gasteiger partial charge in [0.25, 0.3) is 8.32 Å². The average molecular weight is 617 g/mol. The predicted octanol–water partition coefficient (Wildman–Crippen LogP) is 8.70. The SMILES string of the molecule is C=CCOC(=O)N1c2cc(O[Si](C(C)C)(C(C)C)C(C)C)c(OC)cc2CN2[C@@H](C[C@@H]3C[C@@H]32)C1O[Si](C)(C)C(C)(C)C. The maximum atomic E-state index is 14.1. The van der Waals surface area contributed by atoms with Crippen molar-refractivity contribution in [2.24, 2.45) is 5.92 Å². The molecule has 2 heterocycles. The van der Waals surface area contributed by atoms with E-state index in [9.17, 15) is 4.79 Å². The molecule has 1 aromatic carbocycles. The number of amides is 1. The van der Waals surface area contributed by atoms with Crippen LogP contribution in [0.15, 0.2) is 24.8 Å². The van der Waals surface area contributed by atoms with E-state index in [1.54, 1.807) is 13.2 Å². The van der Waals surface area contributed by atoms with E-state index in [1.165, 1.54) is 6.42 Å². The highest BCUT2D eigenvalue weighted by molar-refractivity contribution is 6.78. The Bertz CT molecular complexity index is 1140. The second kappa shape index (κ2) is 11.9. The number of fused-ring (bicyclic) bond motifs is 4. The van der Waals surface area contributed by atoms with Crippen LogP contribution in [0.5, 0.6) is 11.5 Å². The molecule has 236 valence electrons. The predicted molar refractivity (Wildman–Crippen MR) is 177 cm³/mol. The van der Waals surface area contributed by atoms with Crippen molar-refractivity contribution in [1.29, 1.82) is 0 Å². The van der Waals surface area contributed by atoms with Gasteiger partial charge < -0.3 is 18.3 Å². The Morgan fingerprint density at radius 1 is 1.02 bits per heavy atom. The van der Waals surface area contributed by atoms with E-state index in [0.29, 0.717) is 34.3 Å². The summed E-state index contributed by atoms with van der Waals surface area (Å²) in [7, 11) is -2.88. The Morgan fingerprint density at radius 2 is 1.62 bits per heavy atom. The summed E-state index contributed by atoms with van der Waals surface area (Å²) in [6.07, 6.45) is 2.99. The number of hydrogen-bond donors (Lipinski definition) is 0. The molecule has 1 saturated carbocycles. The van der Waals surface area contributed by atoms with E-state index in [4.69, 9.17) is 18.3 Å². The third-order valence-electron chi connectivity index (χ3n) is 10.6. The van der Waals surface area contributed by atoms with Gasteiger partial charge in [-0.3, -0.25) is 9.80 Å². The van der Waals surface area contributed by atoms with Gasteiger partial charge in [-0.25, -0.2) is 4.79 Å². The van der Waals surface area contributed by atoms with Crippen molar-refractivity contribution in [1.82, 2.24) is 4.90 Å². The molecule has 0 bridgehead atoms. The lowest BCUT2D eigenvalue weighted by Crippen LogP contribution is -2.58. The lowest BCUT2D eigenvalue weighted by atomic mass is 10.1. The molecule has 1 aliphatic carbocycles. The molecule has 4 atom stereocenters. The van der Waals surface area contributed by atoms with E-state index >= 15 is 0 Å². The number of piperidine rings is 1. The molecule has 7 nitrogen and oxygen atoms in total. The number of hydrogen-bond acceptors (Lipinski definition) is 6. The Labute approximate surface area is 257 Å². The van der Waals surface area contributed by atoms with Crippen LogP contribution in [0.1, 0.15) is 80.7 Å². The first kappa shape index (κ1) is 33.1. The number of anilines is 1. The molecule has 1 saturated heterocycles. The largest absolute Gasteiger partial charge is 0.540 e. The van der Waals surface area contributed by atoms with Crippen molar-refractivity contribution in [3.63, 3.8) is 0 Å². The van der Waals surface area contributed by atoms with Gasteiger partial charge in [0.15, 0.2) is 14.1 Å². The normalized spacial score (nSPS) is 24.3. The summed E-state index contributed by atoms with van der Waals surface area (Å²) in [5.74, 6) is 2.09. The first-order valence-electron chi connectivity index (χ1n) is 15.9. The molecule has 1 aromatic rings. The summed E-state index contributed by atoms with van der Waals surface area (Å²) in [6.45, 7) is 29.6. The van der Waals surface area contributed by atoms with Crippen LogP contribution in [0.4, 0.5) is 10.5 Å². The van der Waals surface area contributed by atoms with Crippen molar-refractivity contribution < 1.29 is 23.1 Å². The fourth-order valence-electron chi connectivity index (χ4n) is 7.34. The zero-order valence-electron chi connectivity index (χ0n) is 28.2. The number of benzene rings is 1. The zero-order valence-corrected chi connectivity index (χ0v) is 30.2. The molecule has 2 aliphatic heterocycles. The molecular formula is C33H56N2O5Si2. The minimum Gasteiger partial charge on any atom is -0.540 e. The summed E-state index contributed by atoms with van der Waals surface area (Å²) in [4.78, 5) is 18.5. The Kier molecular flexibility index (Phi) is 9.40. The van der Waals surface area contributed by atoms with Crippen molar-refractivity contribution in [3.05, 3.63) is 30.4 Å². The van der Waals surface area contributed by atoms with Crippen LogP contribution in [-0.4, -0.2) is 59.7 Å². The van der Waals surface area contributed by atoms with Gasteiger partial charge in [0, 0.05) is 18.7 Å². The topological polar surface area (TPSA) is 60.5 Å². The fraction of sp³-hybridized carbons (Fsp3) is 0.727. The highest BCUT2D eigenvalue weighted by Crippen LogP contribution is 2.54. The monoisotopic (exact) mass is 616 g/mol. The van der Waals surface area contributed by atoms with Crippen LogP contribution >= 0.6 is 0 Å². The van der Waals surface area contributed by atoms with Gasteiger partial charge in [0.05, 0.1) is 18.8 Å². The first-order chi connectivity index (χ1) is 19.5. The van der Waals surface area contributed by atoms with Gasteiger partial charge in [-0.1, -0.05) is 75.0 Å². The summed E-state index contributed by atoms with van der Waals surface area (Å²) < 4.78 is 26.2. The molecule has 0 radical (unpaired) electrons. The lowest BCUT2D eigenvalue weighted by molar-refractivity contribution is 0.0612. The van der Waals surface area contributed by atoms with Crippen LogP contribution in [0.25, 0.3) is 0 Å². The first-order valence-corrected chi connectivity index (χ1v) is 20.9. The smallest absolute Gasteiger partial charge is 0.416 e. The van der Waals surface area contributed by atoms with E-state index in [-0.39, 0.29) is 17.7 Å². The fourth-order valence-corrected chi connectivity index (χ4v) is 13.8. The standard InChI is InChI=1S/C33H56N2O5Si2/c1-14-15-38-32(36)35-27-19-30(39-42(21(2)3,22(4)5)23(6)7)29(37-11)18-25(27)20-34-26-16-24(26)17-28(34)31(35)40-41(12,13)33(8,9)10/h14,18-19,21-24,26,28,31H,1,15-17,20H2,2-13H3/t24-,26-,28-,31?/m0/s1. The number of carbonyl (C=O) groups excluding carboxylic acids is 1. The maximum absolute atomic E-state index is 14.1. The number of methoxy groups -OCH3 is 1. The average Bonchev–Trinajstić information content (AvgIpc) is 3.59. The van der Waals surface area contributed by atoms with Crippen LogP contribution < -0.4 is 14.1 Å². The molecule has 2 fully saturated rings. The van der Waals surface area contributed by atoms with Crippen molar-refractivity contribution in [2.75, 3.05) is 18.6 Å². The van der Waals surface area contributed by atoms with E-state index in [2.05, 4.69) is 93.0 Å². The summed E-state index contributed by atoms with van der Waals surface area (Å²) in [5, 5.41) is -0.0175.